The molecule has 2 fully saturated rings. The molecule has 5 rings (SSSR count). The van der Waals surface area contributed by atoms with Crippen molar-refractivity contribution in [2.75, 3.05) is 28.7 Å². The normalized spacial score (nSPS) is 20.4. The van der Waals surface area contributed by atoms with Crippen molar-refractivity contribution in [1.82, 2.24) is 20.2 Å². The Hall–Kier alpha value is -4.10. The molecule has 2 atom stereocenters. The molecule has 1 aliphatic carbocycles. The van der Waals surface area contributed by atoms with Crippen molar-refractivity contribution < 1.29 is 38.8 Å². The Kier molecular flexibility index (Phi) is 8.14. The lowest BCUT2D eigenvalue weighted by molar-refractivity contribution is -0.726. The number of nitrogens with zero attached hydrogens (tertiary/aromatic N) is 5. The van der Waals surface area contributed by atoms with Crippen molar-refractivity contribution in [2.45, 2.75) is 54.9 Å². The molecule has 0 spiro atoms. The van der Waals surface area contributed by atoms with Gasteiger partial charge in [0.25, 0.3) is 11.8 Å². The molecule has 2 aromatic rings. The minimum atomic E-state index is -1.77. The molecular weight excluding hydrogens is 623 g/mol. The number of fused-ring (bicyclic) bond motifs is 1. The maximum absolute atomic E-state index is 13.3. The summed E-state index contributed by atoms with van der Waals surface area (Å²) in [5.74, 6) is -2.88. The minimum absolute atomic E-state index is 0.0192. The summed E-state index contributed by atoms with van der Waals surface area (Å²) in [6, 6.07) is 0.712. The lowest BCUT2D eigenvalue weighted by atomic mass is 10.0. The highest BCUT2D eigenvalue weighted by atomic mass is 32.2. The highest BCUT2D eigenvalue weighted by molar-refractivity contribution is 8.01. The van der Waals surface area contributed by atoms with E-state index in [1.807, 2.05) is 4.57 Å². The molecule has 2 amide bonds. The van der Waals surface area contributed by atoms with Crippen LogP contribution >= 0.6 is 34.9 Å². The number of hydrogen-bond donors (Lipinski definition) is 6. The first-order valence-corrected chi connectivity index (χ1v) is 15.7. The van der Waals surface area contributed by atoms with E-state index < -0.39 is 46.5 Å². The molecule has 2 aliphatic heterocycles. The summed E-state index contributed by atoms with van der Waals surface area (Å²) in [7, 11) is 0. The Bertz CT molecular complexity index is 1590. The molecule has 0 unspecified atom stereocenters. The van der Waals surface area contributed by atoms with Gasteiger partial charge in [0.05, 0.1) is 12.1 Å². The molecule has 43 heavy (non-hydrogen) atoms. The number of thiazole rings is 1. The van der Waals surface area contributed by atoms with Crippen molar-refractivity contribution in [1.29, 1.82) is 0 Å². The van der Waals surface area contributed by atoms with Crippen molar-refractivity contribution in [3.8, 4) is 0 Å². The molecule has 19 heteroatoms. The number of carbonyl (C=O) groups is 4. The smallest absolute Gasteiger partial charge is 0.352 e. The molecule has 3 aliphatic rings. The van der Waals surface area contributed by atoms with E-state index in [9.17, 15) is 29.4 Å². The second kappa shape index (κ2) is 11.5. The van der Waals surface area contributed by atoms with Crippen molar-refractivity contribution >= 4 is 81.1 Å². The number of oxime groups is 1. The Morgan fingerprint density at radius 1 is 1.26 bits per heavy atom. The van der Waals surface area contributed by atoms with Gasteiger partial charge in [0.15, 0.2) is 10.8 Å². The predicted molar refractivity (Wildman–Crippen MR) is 158 cm³/mol. The standard InChI is InChI=1S/C24H27N9O7S3/c1-24(2,21(38)39)40-31-14(11-8-42-22(27)28-11)17(34)30-15-18(35)33-16(20(36)37)9(6-41-19(15)33)7-43-23-29-12(25)5-13(26)32(23)10-3-4-10/h5,8,10,15,19H,3-4,6-7H2,1-2H3,(H8,25,26,27,28,30,34,36,37,38,39)/p+1/b31-14+/t15-,19-/m1/s1. The Morgan fingerprint density at radius 3 is 2.58 bits per heavy atom. The third kappa shape index (κ3) is 6.04. The lowest BCUT2D eigenvalue weighted by Gasteiger charge is -2.49. The van der Waals surface area contributed by atoms with E-state index in [0.717, 1.165) is 29.1 Å². The summed E-state index contributed by atoms with van der Waals surface area (Å²) in [5.41, 5.74) is 16.0. The minimum Gasteiger partial charge on any atom is -0.478 e. The maximum atomic E-state index is 13.3. The lowest BCUT2D eigenvalue weighted by Crippen LogP contribution is -2.71. The predicted octanol–water partition coefficient (Wildman–Crippen LogP) is 0.0219. The van der Waals surface area contributed by atoms with Gasteiger partial charge in [0.1, 0.15) is 22.8 Å². The highest BCUT2D eigenvalue weighted by Gasteiger charge is 2.54. The monoisotopic (exact) mass is 650 g/mol. The maximum Gasteiger partial charge on any atom is 0.352 e. The third-order valence-corrected chi connectivity index (χ3v) is 9.74. The van der Waals surface area contributed by atoms with Gasteiger partial charge in [-0.3, -0.25) is 14.5 Å². The number of nitrogen functional groups attached to an aromatic ring is 3. The van der Waals surface area contributed by atoms with Gasteiger partial charge in [-0.15, -0.1) is 23.1 Å². The van der Waals surface area contributed by atoms with E-state index in [1.165, 1.54) is 42.8 Å². The number of thioether (sulfide) groups is 2. The molecule has 0 aromatic carbocycles. The fourth-order valence-electron chi connectivity index (χ4n) is 4.28. The second-order valence-corrected chi connectivity index (χ2v) is 13.3. The van der Waals surface area contributed by atoms with Gasteiger partial charge in [-0.1, -0.05) is 10.1 Å². The van der Waals surface area contributed by atoms with Crippen LogP contribution in [-0.2, 0) is 24.0 Å². The van der Waals surface area contributed by atoms with Crippen LogP contribution in [0, 0.1) is 0 Å². The first-order chi connectivity index (χ1) is 20.3. The number of carbonyl (C=O) groups excluding carboxylic acids is 2. The summed E-state index contributed by atoms with van der Waals surface area (Å²) in [6.07, 6.45) is 1.91. The number of nitrogens with one attached hydrogen (secondary N) is 1. The van der Waals surface area contributed by atoms with Gasteiger partial charge in [-0.2, -0.15) is 0 Å². The van der Waals surface area contributed by atoms with E-state index in [2.05, 4.69) is 20.4 Å². The van der Waals surface area contributed by atoms with Crippen molar-refractivity contribution in [2.24, 2.45) is 5.16 Å². The van der Waals surface area contributed by atoms with Crippen LogP contribution in [0.25, 0.3) is 0 Å². The zero-order valence-electron chi connectivity index (χ0n) is 22.8. The quantitative estimate of drug-likeness (QED) is 0.0468. The van der Waals surface area contributed by atoms with Gasteiger partial charge in [0, 0.05) is 16.9 Å². The van der Waals surface area contributed by atoms with Crippen LogP contribution in [0.15, 0.2) is 33.0 Å². The number of anilines is 3. The van der Waals surface area contributed by atoms with Gasteiger partial charge in [-0.25, -0.2) is 19.1 Å². The third-order valence-electron chi connectivity index (χ3n) is 6.69. The van der Waals surface area contributed by atoms with Crippen molar-refractivity contribution in [3.63, 3.8) is 0 Å². The fraction of sp³-hybridized carbons (Fsp3) is 0.417. The molecule has 4 heterocycles. The molecule has 1 saturated carbocycles. The molecule has 9 N–H and O–H groups in total. The summed E-state index contributed by atoms with van der Waals surface area (Å²) in [4.78, 5) is 65.0. The zero-order valence-corrected chi connectivity index (χ0v) is 25.3. The van der Waals surface area contributed by atoms with E-state index in [0.29, 0.717) is 16.5 Å². The average molecular weight is 651 g/mol. The van der Waals surface area contributed by atoms with Gasteiger partial charge >= 0.3 is 17.1 Å². The second-order valence-electron chi connectivity index (χ2n) is 10.3. The number of hydrogen-bond acceptors (Lipinski definition) is 14. The first kappa shape index (κ1) is 30.4. The summed E-state index contributed by atoms with van der Waals surface area (Å²) in [6.45, 7) is 2.49. The molecule has 1 saturated heterocycles. The Morgan fingerprint density at radius 2 is 1.98 bits per heavy atom. The average Bonchev–Trinajstić information content (AvgIpc) is 3.68. The van der Waals surface area contributed by atoms with Crippen LogP contribution < -0.4 is 27.1 Å². The first-order valence-electron chi connectivity index (χ1n) is 12.8. The summed E-state index contributed by atoms with van der Waals surface area (Å²) >= 11 is 3.60. The van der Waals surface area contributed by atoms with Crippen LogP contribution in [0.5, 0.6) is 0 Å². The zero-order chi connectivity index (χ0) is 31.2. The molecule has 0 radical (unpaired) electrons. The number of nitrogens with two attached hydrogens (primary N) is 3. The van der Waals surface area contributed by atoms with E-state index in [4.69, 9.17) is 22.0 Å². The number of carboxylic acid groups (broad SMARTS) is 2. The Labute approximate surface area is 256 Å². The van der Waals surface area contributed by atoms with Crippen LogP contribution in [-0.4, -0.2) is 83.1 Å². The largest absolute Gasteiger partial charge is 0.478 e. The Balaban J connectivity index is 1.34. The highest BCUT2D eigenvalue weighted by Crippen LogP contribution is 2.42. The SMILES string of the molecule is CC(C)(O/N=C(/C(=O)N[C@@H]1C(=O)N2C(C(=O)O)=C(CSc3nc(N)cc(N)[n+]3C3CC3)CS[C@H]12)c1csc(N)n1)C(=O)O. The van der Waals surface area contributed by atoms with Crippen LogP contribution in [0.3, 0.4) is 0 Å². The van der Waals surface area contributed by atoms with Gasteiger partial charge in [-0.05, 0) is 44.0 Å². The summed E-state index contributed by atoms with van der Waals surface area (Å²) in [5, 5.41) is 27.1. The molecule has 0 bridgehead atoms. The van der Waals surface area contributed by atoms with E-state index >= 15 is 0 Å². The summed E-state index contributed by atoms with van der Waals surface area (Å²) < 4.78 is 1.89. The van der Waals surface area contributed by atoms with E-state index in [-0.39, 0.29) is 39.9 Å². The number of aliphatic carboxylic acids is 2. The van der Waals surface area contributed by atoms with Gasteiger partial charge < -0.3 is 37.6 Å². The van der Waals surface area contributed by atoms with Crippen LogP contribution in [0.1, 0.15) is 38.4 Å². The number of amides is 2. The van der Waals surface area contributed by atoms with Gasteiger partial charge in [0.2, 0.25) is 17.2 Å². The molecular formula is C24H28N9O7S3+. The number of aromatic nitrogens is 3. The molecule has 2 aromatic heterocycles. The van der Waals surface area contributed by atoms with E-state index in [1.54, 1.807) is 6.07 Å². The van der Waals surface area contributed by atoms with Crippen LogP contribution in [0.4, 0.5) is 16.8 Å². The number of carboxylic acids is 2. The molecule has 228 valence electrons. The topological polar surface area (TPSA) is 253 Å². The number of rotatable bonds is 11. The number of β-lactam (4-membered cyclic amide) rings is 1. The van der Waals surface area contributed by atoms with Crippen molar-refractivity contribution in [3.05, 3.63) is 28.4 Å². The molecule has 16 nitrogen and oxygen atoms in total. The fourth-order valence-corrected chi connectivity index (χ4v) is 7.41. The van der Waals surface area contributed by atoms with Crippen LogP contribution in [0.2, 0.25) is 0 Å².